The Kier molecular flexibility index (Phi) is 16.6. The van der Waals surface area contributed by atoms with E-state index in [1.807, 2.05) is 20.8 Å². The average Bonchev–Trinajstić information content (AvgIpc) is 2.43. The van der Waals surface area contributed by atoms with E-state index in [4.69, 9.17) is 25.6 Å². The molecule has 0 aromatic carbocycles. The van der Waals surface area contributed by atoms with E-state index in [0.29, 0.717) is 59.5 Å². The summed E-state index contributed by atoms with van der Waals surface area (Å²) in [7, 11) is 0. The maximum absolute atomic E-state index is 5.56. The van der Waals surface area contributed by atoms with E-state index < -0.39 is 15.1 Å². The van der Waals surface area contributed by atoms with Gasteiger partial charge in [-0.1, -0.05) is 0 Å². The lowest BCUT2D eigenvalue weighted by Crippen LogP contribution is -2.31. The van der Waals surface area contributed by atoms with Gasteiger partial charge >= 0.3 is 15.1 Å². The molecular formula is C12H27AlO6. The van der Waals surface area contributed by atoms with Crippen molar-refractivity contribution in [3.05, 3.63) is 0 Å². The zero-order chi connectivity index (χ0) is 14.2. The zero-order valence-electron chi connectivity index (χ0n) is 12.4. The van der Waals surface area contributed by atoms with Crippen LogP contribution in [0.15, 0.2) is 0 Å². The van der Waals surface area contributed by atoms with Crippen LogP contribution < -0.4 is 0 Å². The van der Waals surface area contributed by atoms with Crippen molar-refractivity contribution in [1.29, 1.82) is 0 Å². The van der Waals surface area contributed by atoms with Gasteiger partial charge in [0.2, 0.25) is 0 Å². The van der Waals surface area contributed by atoms with E-state index >= 15 is 0 Å². The third kappa shape index (κ3) is 14.5. The van der Waals surface area contributed by atoms with Crippen molar-refractivity contribution in [2.24, 2.45) is 0 Å². The van der Waals surface area contributed by atoms with Crippen LogP contribution >= 0.6 is 0 Å². The summed E-state index contributed by atoms with van der Waals surface area (Å²) in [6.07, 6.45) is 0. The largest absolute Gasteiger partial charge is 0.905 e. The first-order valence-corrected chi connectivity index (χ1v) is 8.34. The van der Waals surface area contributed by atoms with Gasteiger partial charge in [-0.2, -0.15) is 0 Å². The molecule has 0 saturated carbocycles. The fraction of sp³-hybridized carbons (Fsp3) is 1.00. The Hall–Kier alpha value is 0.292. The molecule has 0 aromatic rings. The van der Waals surface area contributed by atoms with Crippen molar-refractivity contribution in [3.63, 3.8) is 0 Å². The van der Waals surface area contributed by atoms with Gasteiger partial charge in [0.05, 0.1) is 19.8 Å². The van der Waals surface area contributed by atoms with Crippen molar-refractivity contribution in [1.82, 2.24) is 0 Å². The van der Waals surface area contributed by atoms with Gasteiger partial charge in [-0.15, -0.1) is 0 Å². The zero-order valence-corrected chi connectivity index (χ0v) is 13.5. The molecule has 0 aliphatic rings. The molecule has 0 atom stereocenters. The molecule has 0 amide bonds. The minimum Gasteiger partial charge on any atom is -0.452 e. The van der Waals surface area contributed by atoms with Crippen LogP contribution in [-0.4, -0.2) is 74.6 Å². The summed E-state index contributed by atoms with van der Waals surface area (Å²) in [5, 5.41) is 0. The highest BCUT2D eigenvalue weighted by Crippen LogP contribution is 1.94. The molecule has 0 heterocycles. The van der Waals surface area contributed by atoms with Crippen molar-refractivity contribution < 1.29 is 25.6 Å². The van der Waals surface area contributed by atoms with Crippen LogP contribution in [0.2, 0.25) is 0 Å². The summed E-state index contributed by atoms with van der Waals surface area (Å²) in [6, 6.07) is 0. The highest BCUT2D eigenvalue weighted by molar-refractivity contribution is 6.36. The number of hydrogen-bond donors (Lipinski definition) is 0. The lowest BCUT2D eigenvalue weighted by Gasteiger charge is -2.13. The van der Waals surface area contributed by atoms with Gasteiger partial charge in [-0.05, 0) is 20.8 Å². The van der Waals surface area contributed by atoms with Gasteiger partial charge in [0, 0.05) is 39.6 Å². The number of rotatable bonds is 15. The minimum atomic E-state index is -2.10. The molecule has 0 fully saturated rings. The molecule has 7 heteroatoms. The van der Waals surface area contributed by atoms with Gasteiger partial charge < -0.3 is 25.6 Å². The summed E-state index contributed by atoms with van der Waals surface area (Å²) in [5.41, 5.74) is 0. The van der Waals surface area contributed by atoms with E-state index in [0.717, 1.165) is 0 Å². The molecule has 0 aliphatic heterocycles. The molecule has 0 aliphatic carbocycles. The molecule has 6 nitrogen and oxygen atoms in total. The lowest BCUT2D eigenvalue weighted by atomic mass is 10.8. The van der Waals surface area contributed by atoms with Crippen molar-refractivity contribution in [3.8, 4) is 0 Å². The third-order valence-corrected chi connectivity index (χ3v) is 3.58. The molecule has 0 N–H and O–H groups in total. The van der Waals surface area contributed by atoms with Crippen LogP contribution in [0, 0.1) is 0 Å². The molecule has 0 unspecified atom stereocenters. The topological polar surface area (TPSA) is 55.4 Å². The van der Waals surface area contributed by atoms with Crippen LogP contribution in [0.3, 0.4) is 0 Å². The van der Waals surface area contributed by atoms with Gasteiger partial charge in [0.15, 0.2) is 0 Å². The molecule has 114 valence electrons. The van der Waals surface area contributed by atoms with Gasteiger partial charge in [0.1, 0.15) is 0 Å². The predicted molar refractivity (Wildman–Crippen MR) is 73.1 cm³/mol. The minimum absolute atomic E-state index is 0.494. The van der Waals surface area contributed by atoms with Gasteiger partial charge in [-0.3, -0.25) is 0 Å². The summed E-state index contributed by atoms with van der Waals surface area (Å²) in [5.74, 6) is 0. The van der Waals surface area contributed by atoms with E-state index in [1.165, 1.54) is 0 Å². The first kappa shape index (κ1) is 19.3. The first-order chi connectivity index (χ1) is 9.35. The van der Waals surface area contributed by atoms with Crippen LogP contribution in [0.1, 0.15) is 20.8 Å². The van der Waals surface area contributed by atoms with Crippen LogP contribution in [0.25, 0.3) is 0 Å². The van der Waals surface area contributed by atoms with Gasteiger partial charge in [-0.25, -0.2) is 0 Å². The highest BCUT2D eigenvalue weighted by atomic mass is 27.3. The first-order valence-electron chi connectivity index (χ1n) is 6.93. The SMILES string of the molecule is CCOCC[O][Al]([O]CCOCC)[O]CCOCC. The molecular weight excluding hydrogens is 267 g/mol. The van der Waals surface area contributed by atoms with E-state index in [-0.39, 0.29) is 0 Å². The second-order valence-corrected chi connectivity index (χ2v) is 5.07. The van der Waals surface area contributed by atoms with Crippen LogP contribution in [-0.2, 0) is 25.6 Å². The maximum Gasteiger partial charge on any atom is 0.905 e. The molecule has 0 aromatic heterocycles. The molecule has 0 rings (SSSR count). The standard InChI is InChI=1S/3C4H9O2.Al/c3*1-2-6-4-3-5;/h3*2-4H2,1H3;/q3*-1;+3. The van der Waals surface area contributed by atoms with E-state index in [1.54, 1.807) is 0 Å². The van der Waals surface area contributed by atoms with Crippen molar-refractivity contribution >= 4 is 15.1 Å². The Morgan fingerprint density at radius 3 is 1.11 bits per heavy atom. The number of hydrogen-bond acceptors (Lipinski definition) is 6. The van der Waals surface area contributed by atoms with E-state index in [9.17, 15) is 0 Å². The predicted octanol–water partition coefficient (Wildman–Crippen LogP) is 1.13. The van der Waals surface area contributed by atoms with Crippen molar-refractivity contribution in [2.75, 3.05) is 59.5 Å². The van der Waals surface area contributed by atoms with Crippen LogP contribution in [0.5, 0.6) is 0 Å². The Morgan fingerprint density at radius 2 is 0.842 bits per heavy atom. The fourth-order valence-electron chi connectivity index (χ4n) is 1.19. The molecule has 0 radical (unpaired) electrons. The second kappa shape index (κ2) is 16.3. The molecule has 0 spiro atoms. The quantitative estimate of drug-likeness (QED) is 0.333. The van der Waals surface area contributed by atoms with E-state index in [2.05, 4.69) is 0 Å². The Balaban J connectivity index is 3.66. The fourth-order valence-corrected chi connectivity index (χ4v) is 2.34. The maximum atomic E-state index is 5.56. The highest BCUT2D eigenvalue weighted by Gasteiger charge is 2.30. The van der Waals surface area contributed by atoms with Crippen LogP contribution in [0.4, 0.5) is 0 Å². The average molecular weight is 294 g/mol. The summed E-state index contributed by atoms with van der Waals surface area (Å²) >= 11 is -2.10. The van der Waals surface area contributed by atoms with Crippen molar-refractivity contribution in [2.45, 2.75) is 20.8 Å². The monoisotopic (exact) mass is 294 g/mol. The lowest BCUT2D eigenvalue weighted by molar-refractivity contribution is 0.0240. The summed E-state index contributed by atoms with van der Waals surface area (Å²) in [6.45, 7) is 11.1. The van der Waals surface area contributed by atoms with Gasteiger partial charge in [0.25, 0.3) is 0 Å². The molecule has 0 bridgehead atoms. The summed E-state index contributed by atoms with van der Waals surface area (Å²) < 4.78 is 32.3. The Bertz CT molecular complexity index is 144. The summed E-state index contributed by atoms with van der Waals surface area (Å²) in [4.78, 5) is 0. The smallest absolute Gasteiger partial charge is 0.452 e. The molecule has 0 saturated heterocycles. The number of ether oxygens (including phenoxy) is 3. The normalized spacial score (nSPS) is 10.9. The third-order valence-electron chi connectivity index (χ3n) is 2.06. The Labute approximate surface area is 121 Å². The molecule has 19 heavy (non-hydrogen) atoms. The Morgan fingerprint density at radius 1 is 0.526 bits per heavy atom. The second-order valence-electron chi connectivity index (χ2n) is 3.49.